The Morgan fingerprint density at radius 2 is 1.88 bits per heavy atom. The number of ketones is 1. The molecule has 1 aromatic heterocycles. The van der Waals surface area contributed by atoms with Gasteiger partial charge in [0.25, 0.3) is 5.56 Å². The Morgan fingerprint density at radius 3 is 2.40 bits per heavy atom. The molecule has 1 N–H and O–H groups in total. The number of benzene rings is 1. The smallest absolute Gasteiger partial charge is 0.271 e. The minimum absolute atomic E-state index is 0.0773. The SMILES string of the molecule is CCn1c(O)c(C(=O)COc2ccc(OC)cc2)c(C)c(C#N)c1=O. The standard InChI is InChI=1S/C18H18N2O5/c1-4-20-17(22)14(9-19)11(2)16(18(20)23)15(21)10-25-13-7-5-12(24-3)6-8-13/h5-8,23H,4,10H2,1-3H3. The highest BCUT2D eigenvalue weighted by atomic mass is 16.5. The third-order valence-electron chi connectivity index (χ3n) is 3.82. The normalized spacial score (nSPS) is 10.2. The fourth-order valence-corrected chi connectivity index (χ4v) is 2.47. The largest absolute Gasteiger partial charge is 0.497 e. The van der Waals surface area contributed by atoms with Gasteiger partial charge in [0.2, 0.25) is 11.7 Å². The lowest BCUT2D eigenvalue weighted by molar-refractivity contribution is 0.0916. The van der Waals surface area contributed by atoms with Crippen LogP contribution in [0.5, 0.6) is 17.4 Å². The second-order valence-electron chi connectivity index (χ2n) is 5.25. The molecule has 0 atom stereocenters. The number of aromatic nitrogens is 1. The maximum Gasteiger partial charge on any atom is 0.271 e. The predicted molar refractivity (Wildman–Crippen MR) is 90.3 cm³/mol. The average Bonchev–Trinajstić information content (AvgIpc) is 2.61. The maximum absolute atomic E-state index is 12.5. The third kappa shape index (κ3) is 3.48. The van der Waals surface area contributed by atoms with Gasteiger partial charge in [-0.3, -0.25) is 14.2 Å². The summed E-state index contributed by atoms with van der Waals surface area (Å²) in [5.74, 6) is 0.133. The van der Waals surface area contributed by atoms with Crippen molar-refractivity contribution in [1.29, 1.82) is 5.26 Å². The van der Waals surface area contributed by atoms with Crippen LogP contribution in [0, 0.1) is 18.3 Å². The van der Waals surface area contributed by atoms with Crippen LogP contribution in [0.15, 0.2) is 29.1 Å². The minimum Gasteiger partial charge on any atom is -0.497 e. The summed E-state index contributed by atoms with van der Waals surface area (Å²) in [5, 5.41) is 19.4. The summed E-state index contributed by atoms with van der Waals surface area (Å²) in [5.41, 5.74) is -0.704. The number of hydrogen-bond acceptors (Lipinski definition) is 6. The van der Waals surface area contributed by atoms with E-state index in [1.54, 1.807) is 44.4 Å². The van der Waals surface area contributed by atoms with Crippen LogP contribution in [-0.4, -0.2) is 29.2 Å². The molecule has 7 heteroatoms. The van der Waals surface area contributed by atoms with Gasteiger partial charge in [-0.05, 0) is 43.7 Å². The summed E-state index contributed by atoms with van der Waals surface area (Å²) in [6.45, 7) is 2.90. The fraction of sp³-hybridized carbons (Fsp3) is 0.278. The van der Waals surface area contributed by atoms with Crippen LogP contribution in [0.25, 0.3) is 0 Å². The molecule has 0 aliphatic rings. The van der Waals surface area contributed by atoms with Gasteiger partial charge >= 0.3 is 0 Å². The monoisotopic (exact) mass is 342 g/mol. The molecule has 130 valence electrons. The van der Waals surface area contributed by atoms with Crippen LogP contribution in [0.4, 0.5) is 0 Å². The lowest BCUT2D eigenvalue weighted by Gasteiger charge is -2.14. The van der Waals surface area contributed by atoms with Crippen molar-refractivity contribution >= 4 is 5.78 Å². The molecule has 0 fully saturated rings. The number of carbonyl (C=O) groups excluding carboxylic acids is 1. The lowest BCUT2D eigenvalue weighted by Crippen LogP contribution is -2.27. The Labute approximate surface area is 144 Å². The third-order valence-corrected chi connectivity index (χ3v) is 3.82. The Bertz CT molecular complexity index is 892. The van der Waals surface area contributed by atoms with Crippen molar-refractivity contribution in [1.82, 2.24) is 4.57 Å². The summed E-state index contributed by atoms with van der Waals surface area (Å²) < 4.78 is 11.5. The molecule has 25 heavy (non-hydrogen) atoms. The quantitative estimate of drug-likeness (QED) is 0.806. The van der Waals surface area contributed by atoms with E-state index in [0.717, 1.165) is 4.57 Å². The summed E-state index contributed by atoms with van der Waals surface area (Å²) >= 11 is 0. The average molecular weight is 342 g/mol. The predicted octanol–water partition coefficient (Wildman–Crippen LogP) is 2.02. The molecule has 0 unspecified atom stereocenters. The second-order valence-corrected chi connectivity index (χ2v) is 5.25. The minimum atomic E-state index is -0.618. The van der Waals surface area contributed by atoms with Gasteiger partial charge in [-0.2, -0.15) is 5.26 Å². The molecule has 1 heterocycles. The number of aromatic hydroxyl groups is 1. The first-order chi connectivity index (χ1) is 11.9. The van der Waals surface area contributed by atoms with Crippen molar-refractivity contribution in [2.24, 2.45) is 0 Å². The molecule has 0 bridgehead atoms. The topological polar surface area (TPSA) is 102 Å². The summed E-state index contributed by atoms with van der Waals surface area (Å²) in [6.07, 6.45) is 0. The van der Waals surface area contributed by atoms with Crippen molar-refractivity contribution < 1.29 is 19.4 Å². The number of nitriles is 1. The van der Waals surface area contributed by atoms with Crippen molar-refractivity contribution in [2.75, 3.05) is 13.7 Å². The number of nitrogens with zero attached hydrogens (tertiary/aromatic N) is 2. The zero-order chi connectivity index (χ0) is 18.6. The highest BCUT2D eigenvalue weighted by Gasteiger charge is 2.23. The maximum atomic E-state index is 12.5. The van der Waals surface area contributed by atoms with Crippen LogP contribution in [0.1, 0.15) is 28.4 Å². The molecule has 1 aromatic carbocycles. The van der Waals surface area contributed by atoms with E-state index in [0.29, 0.717) is 11.5 Å². The molecule has 0 spiro atoms. The molecule has 0 saturated carbocycles. The molecule has 0 radical (unpaired) electrons. The van der Waals surface area contributed by atoms with Gasteiger partial charge in [0.15, 0.2) is 6.61 Å². The van der Waals surface area contributed by atoms with Crippen LogP contribution in [0.2, 0.25) is 0 Å². The first kappa shape index (κ1) is 18.1. The van der Waals surface area contributed by atoms with E-state index in [1.165, 1.54) is 6.92 Å². The Kier molecular flexibility index (Phi) is 5.45. The molecular formula is C18H18N2O5. The van der Waals surface area contributed by atoms with Gasteiger partial charge < -0.3 is 14.6 Å². The van der Waals surface area contributed by atoms with E-state index in [2.05, 4.69) is 0 Å². The molecule has 2 aromatic rings. The number of pyridine rings is 1. The van der Waals surface area contributed by atoms with Gasteiger partial charge in [-0.1, -0.05) is 0 Å². The molecule has 0 aliphatic carbocycles. The highest BCUT2D eigenvalue weighted by molar-refractivity contribution is 6.01. The molecule has 0 amide bonds. The first-order valence-corrected chi connectivity index (χ1v) is 7.61. The number of Topliss-reactive ketones (excluding diaryl/α,β-unsaturated/α-hetero) is 1. The Hall–Kier alpha value is -3.27. The van der Waals surface area contributed by atoms with Gasteiger partial charge in [-0.15, -0.1) is 0 Å². The van der Waals surface area contributed by atoms with Crippen LogP contribution < -0.4 is 15.0 Å². The van der Waals surface area contributed by atoms with Crippen LogP contribution in [-0.2, 0) is 6.54 Å². The highest BCUT2D eigenvalue weighted by Crippen LogP contribution is 2.23. The van der Waals surface area contributed by atoms with E-state index in [-0.39, 0.29) is 29.8 Å². The molecule has 2 rings (SSSR count). The second kappa shape index (κ2) is 7.53. The lowest BCUT2D eigenvalue weighted by atomic mass is 10.0. The van der Waals surface area contributed by atoms with E-state index in [1.807, 2.05) is 0 Å². The van der Waals surface area contributed by atoms with E-state index in [4.69, 9.17) is 9.47 Å². The van der Waals surface area contributed by atoms with Crippen LogP contribution in [0.3, 0.4) is 0 Å². The summed E-state index contributed by atoms with van der Waals surface area (Å²) in [7, 11) is 1.54. The Balaban J connectivity index is 2.32. The van der Waals surface area contributed by atoms with Crippen LogP contribution >= 0.6 is 0 Å². The Morgan fingerprint density at radius 1 is 1.28 bits per heavy atom. The molecule has 0 aliphatic heterocycles. The van der Waals surface area contributed by atoms with Crippen molar-refractivity contribution in [3.8, 4) is 23.4 Å². The van der Waals surface area contributed by atoms with Gasteiger partial charge in [0, 0.05) is 6.54 Å². The van der Waals surface area contributed by atoms with Gasteiger partial charge in [0.1, 0.15) is 23.1 Å². The van der Waals surface area contributed by atoms with Crippen molar-refractivity contribution in [3.63, 3.8) is 0 Å². The van der Waals surface area contributed by atoms with Gasteiger partial charge in [-0.25, -0.2) is 0 Å². The summed E-state index contributed by atoms with van der Waals surface area (Å²) in [6, 6.07) is 8.46. The van der Waals surface area contributed by atoms with E-state index in [9.17, 15) is 20.0 Å². The zero-order valence-electron chi connectivity index (χ0n) is 14.2. The van der Waals surface area contributed by atoms with Crippen molar-refractivity contribution in [2.45, 2.75) is 20.4 Å². The molecule has 0 saturated heterocycles. The number of rotatable bonds is 6. The fourth-order valence-electron chi connectivity index (χ4n) is 2.47. The van der Waals surface area contributed by atoms with E-state index >= 15 is 0 Å². The number of carbonyl (C=O) groups is 1. The number of methoxy groups -OCH3 is 1. The zero-order valence-corrected chi connectivity index (χ0v) is 14.2. The number of hydrogen-bond donors (Lipinski definition) is 1. The number of ether oxygens (including phenoxy) is 2. The molecule has 7 nitrogen and oxygen atoms in total. The van der Waals surface area contributed by atoms with Crippen molar-refractivity contribution in [3.05, 3.63) is 51.3 Å². The first-order valence-electron chi connectivity index (χ1n) is 7.61. The van der Waals surface area contributed by atoms with E-state index < -0.39 is 17.2 Å². The summed E-state index contributed by atoms with van der Waals surface area (Å²) in [4.78, 5) is 24.6. The van der Waals surface area contributed by atoms with Gasteiger partial charge in [0.05, 0.1) is 12.7 Å². The molecular weight excluding hydrogens is 324 g/mol.